The van der Waals surface area contributed by atoms with Gasteiger partial charge in [0.2, 0.25) is 0 Å². The Morgan fingerprint density at radius 1 is 1.07 bits per heavy atom. The molecule has 1 atom stereocenters. The number of hydrogen-bond donors (Lipinski definition) is 1. The van der Waals surface area contributed by atoms with Crippen LogP contribution in [0.4, 0.5) is 0 Å². The van der Waals surface area contributed by atoms with Crippen LogP contribution in [0.1, 0.15) is 51.9 Å². The van der Waals surface area contributed by atoms with Gasteiger partial charge in [-0.3, -0.25) is 4.79 Å². The molecule has 0 heterocycles. The Morgan fingerprint density at radius 3 is 2.27 bits per heavy atom. The zero-order valence-electron chi connectivity index (χ0n) is 10.1. The standard InChI is InChI=1S/C12H24O2S/c1-3-4-5-6-7-8-10-15(2)11-9-12(13)14/h3-11H2,1-2H3/p+1. The fraction of sp³-hybridized carbons (Fsp3) is 0.917. The normalized spacial score (nSPS) is 12.7. The van der Waals surface area contributed by atoms with Crippen LogP contribution in [-0.4, -0.2) is 28.8 Å². The van der Waals surface area contributed by atoms with Gasteiger partial charge in [0.1, 0.15) is 11.5 Å². The molecule has 1 unspecified atom stereocenters. The molecular formula is C12H25O2S+. The fourth-order valence-electron chi connectivity index (χ4n) is 1.49. The molecule has 0 aromatic carbocycles. The Labute approximate surface area is 96.8 Å². The van der Waals surface area contributed by atoms with Crippen molar-refractivity contribution in [3.8, 4) is 0 Å². The highest BCUT2D eigenvalue weighted by atomic mass is 32.2. The summed E-state index contributed by atoms with van der Waals surface area (Å²) in [5, 5.41) is 8.54. The molecule has 0 spiro atoms. The smallest absolute Gasteiger partial charge is 0.308 e. The first-order valence-electron chi connectivity index (χ1n) is 5.97. The van der Waals surface area contributed by atoms with Crippen LogP contribution in [0.15, 0.2) is 0 Å². The molecular weight excluding hydrogens is 208 g/mol. The third kappa shape index (κ3) is 11.7. The zero-order chi connectivity index (χ0) is 11.5. The number of carbonyl (C=O) groups is 1. The van der Waals surface area contributed by atoms with Crippen molar-refractivity contribution in [2.24, 2.45) is 0 Å². The Hall–Kier alpha value is -0.180. The van der Waals surface area contributed by atoms with E-state index in [1.54, 1.807) is 0 Å². The van der Waals surface area contributed by atoms with Crippen molar-refractivity contribution >= 4 is 16.9 Å². The van der Waals surface area contributed by atoms with E-state index >= 15 is 0 Å². The van der Waals surface area contributed by atoms with Gasteiger partial charge in [0.25, 0.3) is 0 Å². The molecule has 0 radical (unpaired) electrons. The third-order valence-electron chi connectivity index (χ3n) is 2.51. The van der Waals surface area contributed by atoms with Crippen LogP contribution in [0.25, 0.3) is 0 Å². The number of rotatable bonds is 10. The molecule has 0 aliphatic rings. The Bertz CT molecular complexity index is 160. The van der Waals surface area contributed by atoms with E-state index in [9.17, 15) is 4.79 Å². The van der Waals surface area contributed by atoms with Gasteiger partial charge in [-0.15, -0.1) is 0 Å². The molecule has 0 bridgehead atoms. The SMILES string of the molecule is CCCCCCCC[S+](C)CCC(=O)O. The topological polar surface area (TPSA) is 37.3 Å². The van der Waals surface area contributed by atoms with E-state index in [0.29, 0.717) is 17.3 Å². The van der Waals surface area contributed by atoms with Crippen LogP contribution in [0, 0.1) is 0 Å². The quantitative estimate of drug-likeness (QED) is 0.465. The van der Waals surface area contributed by atoms with Crippen LogP contribution >= 0.6 is 0 Å². The first-order chi connectivity index (χ1) is 7.16. The van der Waals surface area contributed by atoms with E-state index in [2.05, 4.69) is 13.2 Å². The van der Waals surface area contributed by atoms with Crippen molar-refractivity contribution in [2.45, 2.75) is 51.9 Å². The van der Waals surface area contributed by atoms with Crippen molar-refractivity contribution in [3.63, 3.8) is 0 Å². The maximum atomic E-state index is 10.4. The Morgan fingerprint density at radius 2 is 1.67 bits per heavy atom. The minimum absolute atomic E-state index is 0.321. The van der Waals surface area contributed by atoms with E-state index in [4.69, 9.17) is 5.11 Å². The van der Waals surface area contributed by atoms with Crippen molar-refractivity contribution in [3.05, 3.63) is 0 Å². The first-order valence-corrected chi connectivity index (χ1v) is 7.95. The second kappa shape index (κ2) is 10.3. The van der Waals surface area contributed by atoms with E-state index in [1.807, 2.05) is 0 Å². The van der Waals surface area contributed by atoms with Gasteiger partial charge in [0.05, 0.1) is 12.7 Å². The largest absolute Gasteiger partial charge is 0.481 e. The minimum Gasteiger partial charge on any atom is -0.481 e. The molecule has 2 nitrogen and oxygen atoms in total. The first kappa shape index (κ1) is 14.8. The van der Waals surface area contributed by atoms with Crippen LogP contribution in [0.3, 0.4) is 0 Å². The number of unbranched alkanes of at least 4 members (excludes halogenated alkanes) is 5. The van der Waals surface area contributed by atoms with E-state index in [0.717, 1.165) is 5.75 Å². The molecule has 90 valence electrons. The highest BCUT2D eigenvalue weighted by Crippen LogP contribution is 2.07. The van der Waals surface area contributed by atoms with Gasteiger partial charge < -0.3 is 5.11 Å². The van der Waals surface area contributed by atoms with Crippen molar-refractivity contribution in [1.82, 2.24) is 0 Å². The summed E-state index contributed by atoms with van der Waals surface area (Å²) in [6, 6.07) is 0. The molecule has 0 saturated carbocycles. The van der Waals surface area contributed by atoms with E-state index < -0.39 is 5.97 Å². The van der Waals surface area contributed by atoms with Gasteiger partial charge in [0.15, 0.2) is 0 Å². The molecule has 0 rings (SSSR count). The number of carboxylic acid groups (broad SMARTS) is 1. The summed E-state index contributed by atoms with van der Waals surface area (Å²) in [7, 11) is 0.321. The highest BCUT2D eigenvalue weighted by Gasteiger charge is 2.12. The number of aliphatic carboxylic acids is 1. The second-order valence-corrected chi connectivity index (χ2v) is 6.48. The molecule has 1 N–H and O–H groups in total. The molecule has 0 saturated heterocycles. The third-order valence-corrected chi connectivity index (χ3v) is 4.40. The molecule has 0 aromatic heterocycles. The number of carboxylic acids is 1. The van der Waals surface area contributed by atoms with Gasteiger partial charge >= 0.3 is 5.97 Å². The van der Waals surface area contributed by atoms with Crippen molar-refractivity contribution < 1.29 is 9.90 Å². The number of hydrogen-bond acceptors (Lipinski definition) is 1. The van der Waals surface area contributed by atoms with Gasteiger partial charge in [-0.1, -0.05) is 32.6 Å². The summed E-state index contributed by atoms with van der Waals surface area (Å²) >= 11 is 0. The second-order valence-electron chi connectivity index (χ2n) is 4.10. The Kier molecular flexibility index (Phi) is 10.2. The van der Waals surface area contributed by atoms with Crippen LogP contribution < -0.4 is 0 Å². The summed E-state index contributed by atoms with van der Waals surface area (Å²) in [5.41, 5.74) is 0. The Balaban J connectivity index is 3.16. The van der Waals surface area contributed by atoms with Crippen molar-refractivity contribution in [2.75, 3.05) is 17.8 Å². The van der Waals surface area contributed by atoms with E-state index in [-0.39, 0.29) is 0 Å². The predicted molar refractivity (Wildman–Crippen MR) is 68.7 cm³/mol. The summed E-state index contributed by atoms with van der Waals surface area (Å²) in [6.07, 6.45) is 10.5. The van der Waals surface area contributed by atoms with Gasteiger partial charge in [-0.05, 0) is 23.7 Å². The molecule has 0 fully saturated rings. The predicted octanol–water partition coefficient (Wildman–Crippen LogP) is 3.07. The maximum Gasteiger partial charge on any atom is 0.308 e. The summed E-state index contributed by atoms with van der Waals surface area (Å²) in [4.78, 5) is 10.4. The fourth-order valence-corrected chi connectivity index (χ4v) is 2.92. The lowest BCUT2D eigenvalue weighted by Crippen LogP contribution is -2.13. The molecule has 0 aliphatic heterocycles. The van der Waals surface area contributed by atoms with Crippen LogP contribution in [0.5, 0.6) is 0 Å². The average Bonchev–Trinajstić information content (AvgIpc) is 2.20. The van der Waals surface area contributed by atoms with Gasteiger partial charge in [-0.25, -0.2) is 0 Å². The molecule has 0 aliphatic carbocycles. The molecule has 15 heavy (non-hydrogen) atoms. The van der Waals surface area contributed by atoms with Crippen molar-refractivity contribution in [1.29, 1.82) is 0 Å². The van der Waals surface area contributed by atoms with Crippen LogP contribution in [0.2, 0.25) is 0 Å². The molecule has 3 heteroatoms. The zero-order valence-corrected chi connectivity index (χ0v) is 10.9. The maximum absolute atomic E-state index is 10.4. The van der Waals surface area contributed by atoms with Crippen LogP contribution in [-0.2, 0) is 15.7 Å². The summed E-state index contributed by atoms with van der Waals surface area (Å²) in [6.45, 7) is 2.23. The lowest BCUT2D eigenvalue weighted by atomic mass is 10.1. The highest BCUT2D eigenvalue weighted by molar-refractivity contribution is 7.96. The summed E-state index contributed by atoms with van der Waals surface area (Å²) < 4.78 is 0. The minimum atomic E-state index is -0.655. The average molecular weight is 233 g/mol. The van der Waals surface area contributed by atoms with E-state index in [1.165, 1.54) is 44.3 Å². The lowest BCUT2D eigenvalue weighted by molar-refractivity contribution is -0.136. The van der Waals surface area contributed by atoms with Gasteiger partial charge in [-0.2, -0.15) is 0 Å². The lowest BCUT2D eigenvalue weighted by Gasteiger charge is -2.02. The van der Waals surface area contributed by atoms with Gasteiger partial charge in [0, 0.05) is 0 Å². The molecule has 0 aromatic rings. The monoisotopic (exact) mass is 233 g/mol. The summed E-state index contributed by atoms with van der Waals surface area (Å²) in [5.74, 6) is 1.43. The molecule has 0 amide bonds.